The van der Waals surface area contributed by atoms with E-state index >= 15 is 0 Å². The van der Waals surface area contributed by atoms with Crippen LogP contribution in [0.15, 0.2) is 35.3 Å². The summed E-state index contributed by atoms with van der Waals surface area (Å²) in [5.74, 6) is -0.237. The molecule has 218 valence electrons. The first-order chi connectivity index (χ1) is 19.2. The Kier molecular flexibility index (Phi) is 8.42. The molecule has 0 radical (unpaired) electrons. The van der Waals surface area contributed by atoms with Crippen molar-refractivity contribution in [2.45, 2.75) is 59.2 Å². The van der Waals surface area contributed by atoms with Crippen molar-refractivity contribution in [2.75, 3.05) is 25.0 Å². The molecule has 0 unspecified atom stereocenters. The smallest absolute Gasteiger partial charge is 0.410 e. The standard InChI is InChI=1S/C27H33N7O6S/c1-26(2,3)39-24(37)29-15-20(35)31-19-13-17(7-10-28-19)22-32-34-21(36)14-18(30-23(34)41-22)16-8-11-33(12-9-16)25(38)40-27(4,5)6/h7-8,10,13-14H,9,11-12,15H2,1-6H3,(H,29,37)(H,28,31,35). The lowest BCUT2D eigenvalue weighted by molar-refractivity contribution is -0.115. The van der Waals surface area contributed by atoms with Crippen molar-refractivity contribution >= 4 is 45.8 Å². The van der Waals surface area contributed by atoms with E-state index in [0.29, 0.717) is 40.7 Å². The van der Waals surface area contributed by atoms with Crippen LogP contribution in [-0.4, -0.2) is 73.4 Å². The number of alkyl carbamates (subject to hydrolysis) is 1. The molecule has 3 amide bonds. The van der Waals surface area contributed by atoms with E-state index in [-0.39, 0.29) is 24.0 Å². The Morgan fingerprint density at radius 2 is 1.80 bits per heavy atom. The number of hydrogen-bond donors (Lipinski definition) is 2. The molecule has 0 aliphatic carbocycles. The van der Waals surface area contributed by atoms with Gasteiger partial charge in [-0.25, -0.2) is 19.6 Å². The number of fused-ring (bicyclic) bond motifs is 1. The van der Waals surface area contributed by atoms with Gasteiger partial charge in [0.1, 0.15) is 28.6 Å². The highest BCUT2D eigenvalue weighted by molar-refractivity contribution is 7.19. The number of pyridine rings is 1. The van der Waals surface area contributed by atoms with Crippen molar-refractivity contribution in [3.05, 3.63) is 46.5 Å². The predicted octanol–water partition coefficient (Wildman–Crippen LogP) is 3.70. The maximum atomic E-state index is 12.9. The van der Waals surface area contributed by atoms with Crippen molar-refractivity contribution in [2.24, 2.45) is 0 Å². The molecule has 1 aliphatic rings. The van der Waals surface area contributed by atoms with Crippen LogP contribution < -0.4 is 16.2 Å². The molecule has 0 bridgehead atoms. The minimum Gasteiger partial charge on any atom is -0.444 e. The number of hydrogen-bond acceptors (Lipinski definition) is 10. The number of aromatic nitrogens is 4. The average Bonchev–Trinajstić information content (AvgIpc) is 3.31. The zero-order valence-corrected chi connectivity index (χ0v) is 24.6. The molecule has 3 aromatic rings. The summed E-state index contributed by atoms with van der Waals surface area (Å²) in [6, 6.07) is 4.75. The van der Waals surface area contributed by atoms with Crippen LogP contribution in [-0.2, 0) is 14.3 Å². The maximum absolute atomic E-state index is 12.9. The summed E-state index contributed by atoms with van der Waals surface area (Å²) < 4.78 is 11.8. The van der Waals surface area contributed by atoms with Crippen molar-refractivity contribution < 1.29 is 23.9 Å². The Hall–Kier alpha value is -4.33. The first-order valence-electron chi connectivity index (χ1n) is 13.0. The molecular weight excluding hydrogens is 550 g/mol. The number of rotatable bonds is 5. The van der Waals surface area contributed by atoms with E-state index in [2.05, 4.69) is 25.7 Å². The molecule has 0 saturated carbocycles. The zero-order chi connectivity index (χ0) is 29.9. The zero-order valence-electron chi connectivity index (χ0n) is 23.8. The van der Waals surface area contributed by atoms with Crippen molar-refractivity contribution in [1.82, 2.24) is 29.8 Å². The number of amides is 3. The summed E-state index contributed by atoms with van der Waals surface area (Å²) in [7, 11) is 0. The van der Waals surface area contributed by atoms with Crippen LogP contribution in [0.2, 0.25) is 0 Å². The molecule has 13 nitrogen and oxygen atoms in total. The largest absolute Gasteiger partial charge is 0.444 e. The molecule has 1 aliphatic heterocycles. The summed E-state index contributed by atoms with van der Waals surface area (Å²) in [5, 5.41) is 9.92. The lowest BCUT2D eigenvalue weighted by atomic mass is 10.1. The quantitative estimate of drug-likeness (QED) is 0.457. The molecule has 0 aromatic carbocycles. The van der Waals surface area contributed by atoms with Gasteiger partial charge in [-0.2, -0.15) is 9.61 Å². The number of nitrogens with zero attached hydrogens (tertiary/aromatic N) is 5. The fraction of sp³-hybridized carbons (Fsp3) is 0.444. The van der Waals surface area contributed by atoms with Gasteiger partial charge >= 0.3 is 12.2 Å². The molecule has 41 heavy (non-hydrogen) atoms. The SMILES string of the molecule is CC(C)(C)OC(=O)NCC(=O)Nc1cc(-c2nn3c(=O)cc(C4=CCN(C(=O)OC(C)(C)C)CC4)nc3s2)ccn1. The van der Waals surface area contributed by atoms with Gasteiger partial charge in [0.15, 0.2) is 0 Å². The van der Waals surface area contributed by atoms with Crippen LogP contribution in [0, 0.1) is 0 Å². The van der Waals surface area contributed by atoms with Gasteiger partial charge in [-0.1, -0.05) is 17.4 Å². The predicted molar refractivity (Wildman–Crippen MR) is 154 cm³/mol. The minimum absolute atomic E-state index is 0.251. The van der Waals surface area contributed by atoms with E-state index in [9.17, 15) is 19.2 Å². The van der Waals surface area contributed by atoms with Gasteiger partial charge in [0.25, 0.3) is 5.56 Å². The van der Waals surface area contributed by atoms with Gasteiger partial charge in [0, 0.05) is 30.9 Å². The van der Waals surface area contributed by atoms with Crippen LogP contribution >= 0.6 is 11.3 Å². The molecule has 0 spiro atoms. The normalized spacial score (nSPS) is 13.9. The summed E-state index contributed by atoms with van der Waals surface area (Å²) in [6.07, 6.45) is 2.83. The van der Waals surface area contributed by atoms with E-state index in [1.54, 1.807) is 37.8 Å². The van der Waals surface area contributed by atoms with Crippen LogP contribution in [0.3, 0.4) is 0 Å². The van der Waals surface area contributed by atoms with Gasteiger partial charge in [-0.05, 0) is 65.7 Å². The van der Waals surface area contributed by atoms with Crippen LogP contribution in [0.5, 0.6) is 0 Å². The van der Waals surface area contributed by atoms with Gasteiger partial charge in [-0.3, -0.25) is 9.59 Å². The second-order valence-corrected chi connectivity index (χ2v) is 12.3. The second kappa shape index (κ2) is 11.6. The van der Waals surface area contributed by atoms with Crippen molar-refractivity contribution in [3.63, 3.8) is 0 Å². The highest BCUT2D eigenvalue weighted by Crippen LogP contribution is 2.27. The number of ether oxygens (including phenoxy) is 2. The second-order valence-electron chi connectivity index (χ2n) is 11.3. The molecule has 3 aromatic heterocycles. The Morgan fingerprint density at radius 3 is 2.46 bits per heavy atom. The third kappa shape index (κ3) is 8.10. The highest BCUT2D eigenvalue weighted by Gasteiger charge is 2.25. The highest BCUT2D eigenvalue weighted by atomic mass is 32.1. The average molecular weight is 584 g/mol. The molecule has 2 N–H and O–H groups in total. The fourth-order valence-corrected chi connectivity index (χ4v) is 4.67. The Balaban J connectivity index is 1.46. The number of anilines is 1. The van der Waals surface area contributed by atoms with E-state index < -0.39 is 23.2 Å². The van der Waals surface area contributed by atoms with E-state index in [1.165, 1.54) is 28.1 Å². The van der Waals surface area contributed by atoms with Crippen LogP contribution in [0.1, 0.15) is 53.7 Å². The van der Waals surface area contributed by atoms with Gasteiger partial charge < -0.3 is 25.0 Å². The molecule has 14 heteroatoms. The summed E-state index contributed by atoms with van der Waals surface area (Å²) >= 11 is 1.22. The lowest BCUT2D eigenvalue weighted by Gasteiger charge is -2.29. The Morgan fingerprint density at radius 1 is 1.07 bits per heavy atom. The summed E-state index contributed by atoms with van der Waals surface area (Å²) in [4.78, 5) is 60.1. The molecule has 0 fully saturated rings. The molecule has 4 heterocycles. The van der Waals surface area contributed by atoms with E-state index in [0.717, 1.165) is 5.57 Å². The van der Waals surface area contributed by atoms with Crippen LogP contribution in [0.25, 0.3) is 21.1 Å². The third-order valence-corrected chi connectivity index (χ3v) is 6.46. The molecule has 0 atom stereocenters. The van der Waals surface area contributed by atoms with Gasteiger partial charge in [0.2, 0.25) is 10.9 Å². The topological polar surface area (TPSA) is 157 Å². The molecular formula is C27H33N7O6S. The maximum Gasteiger partial charge on any atom is 0.410 e. The monoisotopic (exact) mass is 583 g/mol. The minimum atomic E-state index is -0.703. The van der Waals surface area contributed by atoms with Crippen LogP contribution in [0.4, 0.5) is 15.4 Å². The summed E-state index contributed by atoms with van der Waals surface area (Å²) in [6.45, 7) is 11.2. The van der Waals surface area contributed by atoms with Gasteiger partial charge in [0.05, 0.1) is 5.69 Å². The first-order valence-corrected chi connectivity index (χ1v) is 13.8. The number of carbonyl (C=O) groups is 3. The third-order valence-electron chi connectivity index (χ3n) is 5.50. The summed E-state index contributed by atoms with van der Waals surface area (Å²) in [5.41, 5.74) is 0.437. The molecule has 0 saturated heterocycles. The first kappa shape index (κ1) is 29.6. The van der Waals surface area contributed by atoms with Gasteiger partial charge in [-0.15, -0.1) is 0 Å². The fourth-order valence-electron chi connectivity index (χ4n) is 3.77. The van der Waals surface area contributed by atoms with E-state index in [4.69, 9.17) is 9.47 Å². The lowest BCUT2D eigenvalue weighted by Crippen LogP contribution is -2.39. The van der Waals surface area contributed by atoms with Crippen molar-refractivity contribution in [3.8, 4) is 10.6 Å². The number of carbonyl (C=O) groups excluding carboxylic acids is 3. The Bertz CT molecular complexity index is 1560. The Labute approximate surface area is 240 Å². The molecule has 4 rings (SSSR count). The number of nitrogens with one attached hydrogen (secondary N) is 2. The van der Waals surface area contributed by atoms with E-state index in [1.807, 2.05) is 26.8 Å². The van der Waals surface area contributed by atoms with Crippen molar-refractivity contribution in [1.29, 1.82) is 0 Å².